The highest BCUT2D eigenvalue weighted by Gasteiger charge is 2.22. The van der Waals surface area contributed by atoms with Crippen molar-refractivity contribution in [2.45, 2.75) is 0 Å². The number of nitrogens with zero attached hydrogens (tertiary/aromatic N) is 4. The molecule has 62 heavy (non-hydrogen) atoms. The van der Waals surface area contributed by atoms with Crippen molar-refractivity contribution in [1.29, 1.82) is 0 Å². The Balaban J connectivity index is 1.05. The molecule has 11 aromatic rings. The SMILES string of the molecule is c1ccc(-c2ccc(-c3nc(-c4ccccc4)nc(-c4cccc5oc6cc(N(c7ccc(-c8ccccc8)cc7)c7ccccc7-c7ccccc7)ccc6c45)n3)cc2)cc1. The zero-order valence-electron chi connectivity index (χ0n) is 33.6. The Morgan fingerprint density at radius 3 is 1.39 bits per heavy atom. The van der Waals surface area contributed by atoms with Gasteiger partial charge >= 0.3 is 0 Å². The fourth-order valence-corrected chi connectivity index (χ4v) is 8.32. The molecule has 0 amide bonds. The Morgan fingerprint density at radius 1 is 0.306 bits per heavy atom. The topological polar surface area (TPSA) is 55.1 Å². The number of aromatic nitrogens is 3. The summed E-state index contributed by atoms with van der Waals surface area (Å²) in [5.41, 5.74) is 14.2. The maximum absolute atomic E-state index is 6.76. The maximum atomic E-state index is 6.76. The monoisotopic (exact) mass is 794 g/mol. The van der Waals surface area contributed by atoms with E-state index in [0.717, 1.165) is 83.5 Å². The number of benzene rings is 9. The van der Waals surface area contributed by atoms with E-state index in [2.05, 4.69) is 181 Å². The summed E-state index contributed by atoms with van der Waals surface area (Å²) in [6.45, 7) is 0. The van der Waals surface area contributed by atoms with Crippen LogP contribution in [0.2, 0.25) is 0 Å². The lowest BCUT2D eigenvalue weighted by Gasteiger charge is -2.28. The lowest BCUT2D eigenvalue weighted by atomic mass is 10.0. The van der Waals surface area contributed by atoms with E-state index in [4.69, 9.17) is 19.4 Å². The Morgan fingerprint density at radius 2 is 0.758 bits per heavy atom. The molecular formula is C57H38N4O. The third kappa shape index (κ3) is 6.97. The molecule has 0 fully saturated rings. The second-order valence-electron chi connectivity index (χ2n) is 15.2. The van der Waals surface area contributed by atoms with Crippen LogP contribution in [0.15, 0.2) is 235 Å². The Bertz CT molecular complexity index is 3310. The van der Waals surface area contributed by atoms with Gasteiger partial charge in [-0.15, -0.1) is 0 Å². The van der Waals surface area contributed by atoms with Crippen LogP contribution >= 0.6 is 0 Å². The molecule has 0 saturated heterocycles. The van der Waals surface area contributed by atoms with E-state index < -0.39 is 0 Å². The van der Waals surface area contributed by atoms with E-state index in [1.54, 1.807) is 0 Å². The minimum Gasteiger partial charge on any atom is -0.456 e. The van der Waals surface area contributed by atoms with E-state index >= 15 is 0 Å². The van der Waals surface area contributed by atoms with Gasteiger partial charge in [0.1, 0.15) is 11.2 Å². The van der Waals surface area contributed by atoms with Gasteiger partial charge in [0.15, 0.2) is 17.5 Å². The van der Waals surface area contributed by atoms with Gasteiger partial charge in [0.25, 0.3) is 0 Å². The quantitative estimate of drug-likeness (QED) is 0.146. The zero-order chi connectivity index (χ0) is 41.2. The lowest BCUT2D eigenvalue weighted by Crippen LogP contribution is -2.11. The summed E-state index contributed by atoms with van der Waals surface area (Å²) in [4.78, 5) is 17.6. The van der Waals surface area contributed by atoms with Crippen LogP contribution in [0.5, 0.6) is 0 Å². The van der Waals surface area contributed by atoms with Crippen LogP contribution in [0.3, 0.4) is 0 Å². The van der Waals surface area contributed by atoms with Gasteiger partial charge in [-0.1, -0.05) is 188 Å². The molecular weight excluding hydrogens is 757 g/mol. The smallest absolute Gasteiger partial charge is 0.164 e. The average Bonchev–Trinajstić information content (AvgIpc) is 3.74. The lowest BCUT2D eigenvalue weighted by molar-refractivity contribution is 0.669. The molecule has 2 heterocycles. The van der Waals surface area contributed by atoms with E-state index in [0.29, 0.717) is 17.5 Å². The first-order valence-corrected chi connectivity index (χ1v) is 20.8. The number of furan rings is 1. The summed E-state index contributed by atoms with van der Waals surface area (Å²) < 4.78 is 6.76. The second-order valence-corrected chi connectivity index (χ2v) is 15.2. The van der Waals surface area contributed by atoms with Crippen molar-refractivity contribution in [3.63, 3.8) is 0 Å². The van der Waals surface area contributed by atoms with Crippen molar-refractivity contribution in [3.05, 3.63) is 231 Å². The minimum absolute atomic E-state index is 0.579. The molecule has 0 aliphatic carbocycles. The third-order valence-corrected chi connectivity index (χ3v) is 11.4. The number of hydrogen-bond acceptors (Lipinski definition) is 5. The Hall–Kier alpha value is -8.41. The van der Waals surface area contributed by atoms with E-state index in [1.165, 1.54) is 5.56 Å². The van der Waals surface area contributed by atoms with Crippen LogP contribution < -0.4 is 4.90 Å². The normalized spacial score (nSPS) is 11.2. The summed E-state index contributed by atoms with van der Waals surface area (Å²) in [7, 11) is 0. The van der Waals surface area contributed by atoms with Crippen molar-refractivity contribution >= 4 is 39.0 Å². The van der Waals surface area contributed by atoms with Crippen LogP contribution in [0.25, 0.3) is 89.5 Å². The Kier molecular flexibility index (Phi) is 9.45. The number of para-hydroxylation sites is 1. The van der Waals surface area contributed by atoms with Crippen molar-refractivity contribution in [1.82, 2.24) is 15.0 Å². The van der Waals surface area contributed by atoms with Crippen LogP contribution in [0.1, 0.15) is 0 Å². The average molecular weight is 795 g/mol. The molecule has 2 aromatic heterocycles. The van der Waals surface area contributed by atoms with Crippen LogP contribution in [0.4, 0.5) is 17.1 Å². The molecule has 0 N–H and O–H groups in total. The summed E-state index contributed by atoms with van der Waals surface area (Å²) >= 11 is 0. The minimum atomic E-state index is 0.579. The molecule has 292 valence electrons. The largest absolute Gasteiger partial charge is 0.456 e. The van der Waals surface area contributed by atoms with Crippen molar-refractivity contribution < 1.29 is 4.42 Å². The fourth-order valence-electron chi connectivity index (χ4n) is 8.32. The Labute approximate surface area is 359 Å². The number of hydrogen-bond donors (Lipinski definition) is 0. The van der Waals surface area contributed by atoms with Gasteiger partial charge in [-0.2, -0.15) is 0 Å². The third-order valence-electron chi connectivity index (χ3n) is 11.4. The molecule has 9 aromatic carbocycles. The first-order chi connectivity index (χ1) is 30.7. The summed E-state index contributed by atoms with van der Waals surface area (Å²) in [5.74, 6) is 1.79. The van der Waals surface area contributed by atoms with Gasteiger partial charge in [-0.05, 0) is 64.2 Å². The molecule has 5 nitrogen and oxygen atoms in total. The van der Waals surface area contributed by atoms with Crippen LogP contribution in [0, 0.1) is 0 Å². The molecule has 0 unspecified atom stereocenters. The van der Waals surface area contributed by atoms with Crippen molar-refractivity contribution in [2.24, 2.45) is 0 Å². The fraction of sp³-hybridized carbons (Fsp3) is 0. The summed E-state index contributed by atoms with van der Waals surface area (Å²) in [5, 5.41) is 1.93. The zero-order valence-corrected chi connectivity index (χ0v) is 33.6. The van der Waals surface area contributed by atoms with Gasteiger partial charge in [-0.25, -0.2) is 15.0 Å². The molecule has 0 radical (unpaired) electrons. The van der Waals surface area contributed by atoms with Gasteiger partial charge in [0, 0.05) is 50.5 Å². The maximum Gasteiger partial charge on any atom is 0.164 e. The molecule has 5 heteroatoms. The number of rotatable bonds is 9. The number of fused-ring (bicyclic) bond motifs is 3. The van der Waals surface area contributed by atoms with Gasteiger partial charge in [0.05, 0.1) is 5.69 Å². The van der Waals surface area contributed by atoms with Crippen LogP contribution in [-0.2, 0) is 0 Å². The molecule has 11 rings (SSSR count). The van der Waals surface area contributed by atoms with Crippen molar-refractivity contribution in [3.8, 4) is 67.5 Å². The van der Waals surface area contributed by atoms with E-state index in [1.807, 2.05) is 54.6 Å². The van der Waals surface area contributed by atoms with Gasteiger partial charge < -0.3 is 9.32 Å². The molecule has 0 spiro atoms. The highest BCUT2D eigenvalue weighted by Crippen LogP contribution is 2.44. The summed E-state index contributed by atoms with van der Waals surface area (Å²) in [6.07, 6.45) is 0. The molecule has 0 aliphatic heterocycles. The van der Waals surface area contributed by atoms with Crippen molar-refractivity contribution in [2.75, 3.05) is 4.90 Å². The molecule has 0 aliphatic rings. The molecule has 0 atom stereocenters. The number of anilines is 3. The predicted molar refractivity (Wildman–Crippen MR) is 254 cm³/mol. The first-order valence-electron chi connectivity index (χ1n) is 20.8. The van der Waals surface area contributed by atoms with Gasteiger partial charge in [0.2, 0.25) is 0 Å². The first kappa shape index (κ1) is 36.7. The summed E-state index contributed by atoms with van der Waals surface area (Å²) in [6, 6.07) is 79.9. The van der Waals surface area contributed by atoms with Crippen LogP contribution in [-0.4, -0.2) is 15.0 Å². The highest BCUT2D eigenvalue weighted by atomic mass is 16.3. The molecule has 0 saturated carbocycles. The standard InChI is InChI=1S/C57H38N4O/c1-5-16-39(17-6-1)41-28-30-45(31-29-41)56-58-55(44-22-11-4-12-23-44)59-57(60-56)50-25-15-27-52-54(50)49-37-36-47(38-53(49)62-52)61(46-34-32-42(33-35-46)40-18-7-2-8-19-40)51-26-14-13-24-48(51)43-20-9-3-10-21-43/h1-38H. The predicted octanol–water partition coefficient (Wildman–Crippen LogP) is 15.2. The van der Waals surface area contributed by atoms with Gasteiger partial charge in [-0.3, -0.25) is 0 Å². The molecule has 0 bridgehead atoms. The van der Waals surface area contributed by atoms with E-state index in [9.17, 15) is 0 Å². The van der Waals surface area contributed by atoms with E-state index in [-0.39, 0.29) is 0 Å². The highest BCUT2D eigenvalue weighted by molar-refractivity contribution is 6.12. The second kappa shape index (κ2) is 16.0.